The number of hydrogen-bond donors (Lipinski definition) is 0. The van der Waals surface area contributed by atoms with Gasteiger partial charge in [-0.3, -0.25) is 4.79 Å². The van der Waals surface area contributed by atoms with Crippen molar-refractivity contribution in [2.45, 2.75) is 29.8 Å². The van der Waals surface area contributed by atoms with Crippen molar-refractivity contribution in [2.24, 2.45) is 0 Å². The van der Waals surface area contributed by atoms with Gasteiger partial charge in [0.15, 0.2) is 10.3 Å². The number of ether oxygens (including phenoxy) is 1. The van der Waals surface area contributed by atoms with Crippen LogP contribution in [0.2, 0.25) is 5.15 Å². The maximum Gasteiger partial charge on any atom is 0.304 e. The van der Waals surface area contributed by atoms with E-state index in [1.807, 2.05) is 19.4 Å². The van der Waals surface area contributed by atoms with Gasteiger partial charge in [0.25, 0.3) is 0 Å². The minimum Gasteiger partial charge on any atom is -0.441 e. The Hall–Kier alpha value is -2.23. The predicted octanol–water partition coefficient (Wildman–Crippen LogP) is 3.92. The molecule has 0 atom stereocenters. The smallest absolute Gasteiger partial charge is 0.304 e. The van der Waals surface area contributed by atoms with E-state index in [4.69, 9.17) is 16.3 Å². The first kappa shape index (κ1) is 21.5. The Bertz CT molecular complexity index is 983. The molecule has 3 aromatic heterocycles. The predicted molar refractivity (Wildman–Crippen MR) is 113 cm³/mol. The average Bonchev–Trinajstić information content (AvgIpc) is 2.72. The summed E-state index contributed by atoms with van der Waals surface area (Å²) in [6, 6.07) is 5.17. The summed E-state index contributed by atoms with van der Waals surface area (Å²) in [4.78, 5) is 34.3. The van der Waals surface area contributed by atoms with Gasteiger partial charge in [-0.2, -0.15) is 0 Å². The van der Waals surface area contributed by atoms with E-state index in [0.717, 1.165) is 5.56 Å². The van der Waals surface area contributed by atoms with Crippen LogP contribution in [-0.2, 0) is 15.1 Å². The molecule has 0 amide bonds. The normalized spacial score (nSPS) is 11.3. The molecule has 0 spiro atoms. The zero-order valence-electron chi connectivity index (χ0n) is 16.2. The minimum atomic E-state index is -1.51. The third kappa shape index (κ3) is 4.22. The molecule has 0 aromatic carbocycles. The van der Waals surface area contributed by atoms with Gasteiger partial charge in [-0.25, -0.2) is 24.9 Å². The van der Waals surface area contributed by atoms with Crippen LogP contribution in [0.4, 0.5) is 0 Å². The van der Waals surface area contributed by atoms with Gasteiger partial charge in [0.05, 0.1) is 11.4 Å². The van der Waals surface area contributed by atoms with Gasteiger partial charge < -0.3 is 4.74 Å². The quantitative estimate of drug-likeness (QED) is 0.241. The number of carbonyl (C=O) groups excluding carboxylic acids is 1. The Morgan fingerprint density at radius 3 is 1.93 bits per heavy atom. The van der Waals surface area contributed by atoms with E-state index < -0.39 is 11.6 Å². The van der Waals surface area contributed by atoms with Gasteiger partial charge in [0, 0.05) is 31.1 Å². The van der Waals surface area contributed by atoms with Crippen LogP contribution in [0.25, 0.3) is 0 Å². The fourth-order valence-electron chi connectivity index (χ4n) is 2.98. The second-order valence-corrected chi connectivity index (χ2v) is 7.83. The topological polar surface area (TPSA) is 90.8 Å². The van der Waals surface area contributed by atoms with Crippen molar-refractivity contribution < 1.29 is 9.53 Å². The molecule has 0 aliphatic carbocycles. The van der Waals surface area contributed by atoms with Crippen molar-refractivity contribution in [1.82, 2.24) is 24.9 Å². The maximum absolute atomic E-state index is 12.3. The molecule has 3 rings (SSSR count). The zero-order chi connectivity index (χ0) is 21.0. The molecule has 7 nitrogen and oxygen atoms in total. The van der Waals surface area contributed by atoms with Crippen LogP contribution >= 0.6 is 35.1 Å². The molecule has 0 unspecified atom stereocenters. The first-order valence-corrected chi connectivity index (χ1v) is 11.3. The Balaban J connectivity index is 2.46. The molecule has 0 saturated carbocycles. The highest BCUT2D eigenvalue weighted by molar-refractivity contribution is 7.98. The highest BCUT2D eigenvalue weighted by atomic mass is 35.5. The van der Waals surface area contributed by atoms with Gasteiger partial charge in [0.1, 0.15) is 5.15 Å². The number of hydrogen-bond acceptors (Lipinski definition) is 9. The van der Waals surface area contributed by atoms with Gasteiger partial charge in [-0.15, -0.1) is 0 Å². The van der Waals surface area contributed by atoms with E-state index >= 15 is 0 Å². The summed E-state index contributed by atoms with van der Waals surface area (Å²) in [6.07, 6.45) is 8.56. The van der Waals surface area contributed by atoms with Gasteiger partial charge in [-0.1, -0.05) is 35.1 Å². The van der Waals surface area contributed by atoms with Crippen molar-refractivity contribution in [3.8, 4) is 0 Å². The molecule has 3 heterocycles. The van der Waals surface area contributed by atoms with Crippen LogP contribution in [0.5, 0.6) is 0 Å². The van der Waals surface area contributed by atoms with Crippen molar-refractivity contribution in [1.29, 1.82) is 0 Å². The van der Waals surface area contributed by atoms with Gasteiger partial charge in [0.2, 0.25) is 5.60 Å². The van der Waals surface area contributed by atoms with Crippen LogP contribution in [0, 0.1) is 6.92 Å². The highest BCUT2D eigenvalue weighted by Crippen LogP contribution is 2.43. The first-order valence-electron chi connectivity index (χ1n) is 8.48. The van der Waals surface area contributed by atoms with Crippen LogP contribution in [-0.4, -0.2) is 43.4 Å². The van der Waals surface area contributed by atoms with E-state index in [-0.39, 0.29) is 5.15 Å². The Morgan fingerprint density at radius 2 is 1.48 bits per heavy atom. The molecule has 10 heteroatoms. The molecule has 0 aliphatic heterocycles. The molecule has 0 bridgehead atoms. The zero-order valence-corrected chi connectivity index (χ0v) is 18.6. The summed E-state index contributed by atoms with van der Waals surface area (Å²) < 4.78 is 5.99. The number of halogens is 1. The minimum absolute atomic E-state index is 0.194. The molecule has 0 radical (unpaired) electrons. The highest BCUT2D eigenvalue weighted by Gasteiger charge is 2.46. The number of aryl methyl sites for hydroxylation is 1. The Kier molecular flexibility index (Phi) is 6.71. The van der Waals surface area contributed by atoms with Crippen LogP contribution < -0.4 is 0 Å². The van der Waals surface area contributed by atoms with Crippen LogP contribution in [0.3, 0.4) is 0 Å². The number of pyridine rings is 1. The van der Waals surface area contributed by atoms with Crippen LogP contribution in [0.15, 0.2) is 47.1 Å². The second-order valence-electron chi connectivity index (χ2n) is 5.93. The third-order valence-electron chi connectivity index (χ3n) is 4.12. The summed E-state index contributed by atoms with van der Waals surface area (Å²) in [5.74, 6) is -0.516. The van der Waals surface area contributed by atoms with Gasteiger partial charge in [-0.05, 0) is 43.2 Å². The molecule has 0 aliphatic rings. The summed E-state index contributed by atoms with van der Waals surface area (Å²) in [5, 5.41) is 1.24. The van der Waals surface area contributed by atoms with E-state index in [0.29, 0.717) is 27.3 Å². The van der Waals surface area contributed by atoms with E-state index in [1.165, 1.54) is 30.4 Å². The fourth-order valence-corrected chi connectivity index (χ4v) is 4.03. The summed E-state index contributed by atoms with van der Waals surface area (Å²) in [7, 11) is 0. The number of rotatable bonds is 6. The lowest BCUT2D eigenvalue weighted by Crippen LogP contribution is -2.38. The van der Waals surface area contributed by atoms with Crippen LogP contribution in [0.1, 0.15) is 29.4 Å². The number of nitrogens with zero attached hydrogens (tertiary/aromatic N) is 5. The lowest BCUT2D eigenvalue weighted by Gasteiger charge is -2.34. The number of carbonyl (C=O) groups is 1. The Morgan fingerprint density at radius 1 is 0.966 bits per heavy atom. The van der Waals surface area contributed by atoms with Crippen molar-refractivity contribution in [3.05, 3.63) is 64.5 Å². The average molecular weight is 448 g/mol. The fraction of sp³-hybridized carbons (Fsp3) is 0.263. The van der Waals surface area contributed by atoms with Crippen molar-refractivity contribution in [3.63, 3.8) is 0 Å². The standard InChI is InChI=1S/C19H18ClN5O2S2/c1-11-5-8-21-16(20)15(11)19(27-12(2)26,13-6-9-22-17(24-13)28-3)14-7-10-23-18(25-14)29-4/h5-10H,1-4H3. The number of thioether (sulfide) groups is 2. The first-order chi connectivity index (χ1) is 13.9. The number of esters is 1. The maximum atomic E-state index is 12.3. The molecule has 0 fully saturated rings. The molecule has 0 N–H and O–H groups in total. The lowest BCUT2D eigenvalue weighted by atomic mass is 9.84. The monoisotopic (exact) mass is 447 g/mol. The van der Waals surface area contributed by atoms with Gasteiger partial charge >= 0.3 is 5.97 Å². The third-order valence-corrected chi connectivity index (χ3v) is 5.53. The number of aromatic nitrogens is 5. The largest absolute Gasteiger partial charge is 0.441 e. The molecular formula is C19H18ClN5O2S2. The van der Waals surface area contributed by atoms with E-state index in [1.54, 1.807) is 36.8 Å². The second kappa shape index (κ2) is 9.06. The van der Waals surface area contributed by atoms with Crippen molar-refractivity contribution >= 4 is 41.1 Å². The summed E-state index contributed by atoms with van der Waals surface area (Å²) in [6.45, 7) is 3.20. The molecule has 3 aromatic rings. The SMILES string of the molecule is CSc1nccc(C(OC(C)=O)(c2ccnc(SC)n2)c2c(C)ccnc2Cl)n1. The Labute approximate surface area is 182 Å². The van der Waals surface area contributed by atoms with E-state index in [9.17, 15) is 4.79 Å². The molecule has 150 valence electrons. The van der Waals surface area contributed by atoms with E-state index in [2.05, 4.69) is 24.9 Å². The summed E-state index contributed by atoms with van der Waals surface area (Å²) >= 11 is 9.30. The lowest BCUT2D eigenvalue weighted by molar-refractivity contribution is -0.151. The molecule has 29 heavy (non-hydrogen) atoms. The van der Waals surface area contributed by atoms with Crippen molar-refractivity contribution in [2.75, 3.05) is 12.5 Å². The summed E-state index contributed by atoms with van der Waals surface area (Å²) in [5.41, 5.74) is 0.613. The molecule has 0 saturated heterocycles. The molecular weight excluding hydrogens is 430 g/mol.